The molecule has 1 aromatic heterocycles. The van der Waals surface area contributed by atoms with Crippen molar-refractivity contribution in [3.8, 4) is 5.75 Å². The highest BCUT2D eigenvalue weighted by Crippen LogP contribution is 2.34. The molecule has 1 aliphatic rings. The molecule has 7 heteroatoms. The summed E-state index contributed by atoms with van der Waals surface area (Å²) in [7, 11) is 0. The Morgan fingerprint density at radius 3 is 2.77 bits per heavy atom. The van der Waals surface area contributed by atoms with Crippen molar-refractivity contribution in [2.75, 3.05) is 32.8 Å². The summed E-state index contributed by atoms with van der Waals surface area (Å²) in [6, 6.07) is 7.87. The molecule has 1 aromatic carbocycles. The second-order valence-corrected chi connectivity index (χ2v) is 9.10. The molecule has 31 heavy (non-hydrogen) atoms. The van der Waals surface area contributed by atoms with E-state index in [0.29, 0.717) is 32.0 Å². The minimum atomic E-state index is -0.410. The summed E-state index contributed by atoms with van der Waals surface area (Å²) >= 11 is 1.72. The van der Waals surface area contributed by atoms with Crippen LogP contribution in [0.15, 0.2) is 35.7 Å². The molecule has 1 amide bonds. The lowest BCUT2D eigenvalue weighted by atomic mass is 10.0. The van der Waals surface area contributed by atoms with Crippen molar-refractivity contribution in [3.63, 3.8) is 0 Å². The Morgan fingerprint density at radius 1 is 1.29 bits per heavy atom. The lowest BCUT2D eigenvalue weighted by Crippen LogP contribution is -2.47. The van der Waals surface area contributed by atoms with Gasteiger partial charge in [0.25, 0.3) is 0 Å². The van der Waals surface area contributed by atoms with E-state index < -0.39 is 6.10 Å². The lowest BCUT2D eigenvalue weighted by molar-refractivity contribution is -0.136. The zero-order valence-corrected chi connectivity index (χ0v) is 19.2. The van der Waals surface area contributed by atoms with E-state index in [-0.39, 0.29) is 17.8 Å². The summed E-state index contributed by atoms with van der Waals surface area (Å²) in [5, 5.41) is 12.3. The number of halogens is 1. The van der Waals surface area contributed by atoms with Crippen LogP contribution in [-0.2, 0) is 11.2 Å². The van der Waals surface area contributed by atoms with E-state index in [4.69, 9.17) is 4.74 Å². The second kappa shape index (κ2) is 11.6. The minimum absolute atomic E-state index is 0.0571. The van der Waals surface area contributed by atoms with E-state index in [1.165, 1.54) is 17.0 Å². The third-order valence-electron chi connectivity index (χ3n) is 5.63. The Hall–Kier alpha value is -1.96. The fourth-order valence-electron chi connectivity index (χ4n) is 4.14. The third kappa shape index (κ3) is 6.51. The molecule has 0 radical (unpaired) electrons. The summed E-state index contributed by atoms with van der Waals surface area (Å²) in [5.41, 5.74) is 1.14. The minimum Gasteiger partial charge on any atom is -0.491 e. The largest absolute Gasteiger partial charge is 0.491 e. The molecule has 1 N–H and O–H groups in total. The lowest BCUT2D eigenvalue weighted by Gasteiger charge is -2.37. The van der Waals surface area contributed by atoms with Gasteiger partial charge in [-0.3, -0.25) is 9.69 Å². The Balaban J connectivity index is 1.70. The van der Waals surface area contributed by atoms with Crippen LogP contribution in [-0.4, -0.2) is 59.7 Å². The number of nitrogens with zero attached hydrogens (tertiary/aromatic N) is 2. The van der Waals surface area contributed by atoms with Gasteiger partial charge < -0.3 is 14.7 Å². The number of hydrogen-bond donors (Lipinski definition) is 1. The van der Waals surface area contributed by atoms with Crippen LogP contribution in [0.2, 0.25) is 0 Å². The first-order valence-electron chi connectivity index (χ1n) is 11.2. The third-order valence-corrected chi connectivity index (χ3v) is 6.62. The number of thiophene rings is 1. The van der Waals surface area contributed by atoms with E-state index in [0.717, 1.165) is 37.8 Å². The van der Waals surface area contributed by atoms with Gasteiger partial charge in [-0.15, -0.1) is 11.3 Å². The SMILES string of the molecule is CCCC(O)CN(CCC)CC(=O)N1CCc2sccc2C1COc1ccc(F)cc1. The average Bonchev–Trinajstić information content (AvgIpc) is 3.22. The van der Waals surface area contributed by atoms with E-state index in [2.05, 4.69) is 30.2 Å². The molecule has 1 aliphatic heterocycles. The number of carbonyl (C=O) groups is 1. The first-order chi connectivity index (χ1) is 15.0. The van der Waals surface area contributed by atoms with Gasteiger partial charge in [0.2, 0.25) is 5.91 Å². The van der Waals surface area contributed by atoms with E-state index in [9.17, 15) is 14.3 Å². The molecule has 2 atom stereocenters. The number of carbonyl (C=O) groups excluding carboxylic acids is 1. The highest BCUT2D eigenvalue weighted by molar-refractivity contribution is 7.10. The molecule has 0 bridgehead atoms. The molecular formula is C24H33FN2O3S. The van der Waals surface area contributed by atoms with Gasteiger partial charge in [0.05, 0.1) is 18.7 Å². The number of benzene rings is 1. The van der Waals surface area contributed by atoms with Gasteiger partial charge in [0.1, 0.15) is 18.2 Å². The predicted octanol–water partition coefficient (Wildman–Crippen LogP) is 4.27. The van der Waals surface area contributed by atoms with Crippen molar-refractivity contribution < 1.29 is 19.0 Å². The van der Waals surface area contributed by atoms with Gasteiger partial charge >= 0.3 is 0 Å². The van der Waals surface area contributed by atoms with Crippen LogP contribution in [0.4, 0.5) is 4.39 Å². The molecule has 0 saturated carbocycles. The first kappa shape index (κ1) is 23.7. The van der Waals surface area contributed by atoms with Crippen LogP contribution in [0.3, 0.4) is 0 Å². The second-order valence-electron chi connectivity index (χ2n) is 8.09. The Bertz CT molecular complexity index is 826. The van der Waals surface area contributed by atoms with Crippen LogP contribution in [0, 0.1) is 5.82 Å². The van der Waals surface area contributed by atoms with Gasteiger partial charge in [-0.05, 0) is 67.1 Å². The summed E-state index contributed by atoms with van der Waals surface area (Å²) in [6.45, 7) is 6.70. The van der Waals surface area contributed by atoms with Crippen molar-refractivity contribution >= 4 is 17.2 Å². The van der Waals surface area contributed by atoms with Crippen LogP contribution >= 0.6 is 11.3 Å². The predicted molar refractivity (Wildman–Crippen MR) is 122 cm³/mol. The van der Waals surface area contributed by atoms with Crippen molar-refractivity contribution in [2.45, 2.75) is 51.7 Å². The van der Waals surface area contributed by atoms with E-state index in [1.54, 1.807) is 23.5 Å². The molecule has 2 unspecified atom stereocenters. The van der Waals surface area contributed by atoms with E-state index >= 15 is 0 Å². The Kier molecular flexibility index (Phi) is 8.87. The molecule has 3 rings (SSSR count). The Morgan fingerprint density at radius 2 is 2.06 bits per heavy atom. The van der Waals surface area contributed by atoms with Crippen LogP contribution in [0.1, 0.15) is 49.6 Å². The molecule has 0 aliphatic carbocycles. The molecule has 2 aromatic rings. The van der Waals surface area contributed by atoms with Gasteiger partial charge in [0.15, 0.2) is 0 Å². The van der Waals surface area contributed by atoms with Crippen molar-refractivity contribution in [1.29, 1.82) is 0 Å². The first-order valence-corrected chi connectivity index (χ1v) is 12.0. The number of hydrogen-bond acceptors (Lipinski definition) is 5. The summed E-state index contributed by atoms with van der Waals surface area (Å²) in [5.74, 6) is 0.344. The molecular weight excluding hydrogens is 415 g/mol. The highest BCUT2D eigenvalue weighted by atomic mass is 32.1. The number of ether oxygens (including phenoxy) is 1. The molecule has 170 valence electrons. The summed E-state index contributed by atoms with van der Waals surface area (Å²) < 4.78 is 19.1. The zero-order valence-electron chi connectivity index (χ0n) is 18.4. The smallest absolute Gasteiger partial charge is 0.237 e. The molecule has 0 fully saturated rings. The fourth-order valence-corrected chi connectivity index (χ4v) is 5.06. The number of amides is 1. The molecule has 2 heterocycles. The van der Waals surface area contributed by atoms with Crippen molar-refractivity contribution in [2.24, 2.45) is 0 Å². The maximum Gasteiger partial charge on any atom is 0.237 e. The van der Waals surface area contributed by atoms with Gasteiger partial charge in [0, 0.05) is 18.0 Å². The number of rotatable bonds is 11. The van der Waals surface area contributed by atoms with Gasteiger partial charge in [-0.25, -0.2) is 4.39 Å². The number of aliphatic hydroxyl groups is 1. The van der Waals surface area contributed by atoms with Crippen LogP contribution in [0.25, 0.3) is 0 Å². The van der Waals surface area contributed by atoms with Crippen LogP contribution < -0.4 is 4.74 Å². The van der Waals surface area contributed by atoms with Crippen molar-refractivity contribution in [1.82, 2.24) is 9.80 Å². The fraction of sp³-hybridized carbons (Fsp3) is 0.542. The standard InChI is InChI=1S/C24H33FN2O3S/c1-3-5-19(28)15-26(12-4-2)16-24(29)27-13-10-23-21(11-14-31-23)22(27)17-30-20-8-6-18(25)7-9-20/h6-9,11,14,19,22,28H,3-5,10,12-13,15-17H2,1-2H3. The topological polar surface area (TPSA) is 53.0 Å². The normalized spacial score (nSPS) is 16.9. The maximum absolute atomic E-state index is 13.3. The molecule has 0 saturated heterocycles. The quantitative estimate of drug-likeness (QED) is 0.558. The monoisotopic (exact) mass is 448 g/mol. The van der Waals surface area contributed by atoms with E-state index in [1.807, 2.05) is 4.90 Å². The molecule has 0 spiro atoms. The van der Waals surface area contributed by atoms with Crippen molar-refractivity contribution in [3.05, 3.63) is 52.0 Å². The average molecular weight is 449 g/mol. The van der Waals surface area contributed by atoms with Gasteiger partial charge in [-0.2, -0.15) is 0 Å². The number of fused-ring (bicyclic) bond motifs is 1. The van der Waals surface area contributed by atoms with Gasteiger partial charge in [-0.1, -0.05) is 20.3 Å². The summed E-state index contributed by atoms with van der Waals surface area (Å²) in [6.07, 6.45) is 3.03. The number of aliphatic hydroxyl groups excluding tert-OH is 1. The molecule has 5 nitrogen and oxygen atoms in total. The van der Waals surface area contributed by atoms with Crippen LogP contribution in [0.5, 0.6) is 5.75 Å². The Labute approximate surface area is 188 Å². The summed E-state index contributed by atoms with van der Waals surface area (Å²) in [4.78, 5) is 18.6. The maximum atomic E-state index is 13.3. The zero-order chi connectivity index (χ0) is 22.2. The highest BCUT2D eigenvalue weighted by Gasteiger charge is 2.33.